The van der Waals surface area contributed by atoms with Gasteiger partial charge in [0.05, 0.1) is 0 Å². The molecule has 1 aromatic rings. The van der Waals surface area contributed by atoms with E-state index < -0.39 is 11.9 Å². The number of pyridine rings is 1. The van der Waals surface area contributed by atoms with E-state index in [9.17, 15) is 9.59 Å². The molecule has 0 aromatic carbocycles. The van der Waals surface area contributed by atoms with Crippen LogP contribution in [0.25, 0.3) is 0 Å². The number of carbonyl (C=O) groups is 2. The van der Waals surface area contributed by atoms with Crippen molar-refractivity contribution in [2.75, 3.05) is 0 Å². The molecule has 1 rings (SSSR count). The summed E-state index contributed by atoms with van der Waals surface area (Å²) in [6.45, 7) is 0. The third-order valence-electron chi connectivity index (χ3n) is 1.19. The molecule has 0 radical (unpaired) electrons. The number of aromatic nitrogens is 1. The van der Waals surface area contributed by atoms with Crippen molar-refractivity contribution < 1.29 is 19.8 Å². The third-order valence-corrected chi connectivity index (χ3v) is 1.19. The molecule has 0 aliphatic rings. The van der Waals surface area contributed by atoms with E-state index in [-0.39, 0.29) is 40.9 Å². The van der Waals surface area contributed by atoms with Gasteiger partial charge in [-0.15, -0.1) is 0 Å². The van der Waals surface area contributed by atoms with Crippen LogP contribution in [-0.2, 0) is 0 Å². The van der Waals surface area contributed by atoms with Crippen molar-refractivity contribution in [1.29, 1.82) is 0 Å². The van der Waals surface area contributed by atoms with Crippen LogP contribution in [0, 0.1) is 0 Å². The molecule has 0 saturated heterocycles. The summed E-state index contributed by atoms with van der Waals surface area (Å²) in [6.07, 6.45) is 0. The molecule has 0 atom stereocenters. The number of rotatable bonds is 2. The number of hydrogen-bond donors (Lipinski definition) is 2. The summed E-state index contributed by atoms with van der Waals surface area (Å²) in [5, 5.41) is 16.9. The van der Waals surface area contributed by atoms with Crippen LogP contribution in [-0.4, -0.2) is 56.7 Å². The minimum atomic E-state index is -1.24. The van der Waals surface area contributed by atoms with Gasteiger partial charge in [0.1, 0.15) is 11.4 Å². The van der Waals surface area contributed by atoms with Crippen molar-refractivity contribution in [3.63, 3.8) is 0 Å². The van der Waals surface area contributed by atoms with Gasteiger partial charge in [0.25, 0.3) is 0 Å². The zero-order chi connectivity index (χ0) is 9.14. The molecular formula is C7H6NNaO4. The monoisotopic (exact) mass is 191 g/mol. The first kappa shape index (κ1) is 12.1. The molecule has 2 N–H and O–H groups in total. The van der Waals surface area contributed by atoms with Gasteiger partial charge in [-0.25, -0.2) is 14.6 Å². The summed E-state index contributed by atoms with van der Waals surface area (Å²) < 4.78 is 0. The number of aromatic carboxylic acids is 2. The quantitative estimate of drug-likeness (QED) is 0.633. The van der Waals surface area contributed by atoms with Crippen LogP contribution in [0.5, 0.6) is 0 Å². The molecule has 13 heavy (non-hydrogen) atoms. The van der Waals surface area contributed by atoms with Gasteiger partial charge in [0.2, 0.25) is 0 Å². The Hall–Kier alpha value is -0.910. The maximum atomic E-state index is 10.3. The molecule has 0 amide bonds. The average Bonchev–Trinajstić information content (AvgIpc) is 2.04. The normalized spacial score (nSPS) is 8.62. The Labute approximate surface area is 95.7 Å². The summed E-state index contributed by atoms with van der Waals surface area (Å²) in [5.74, 6) is -2.48. The fourth-order valence-electron chi connectivity index (χ4n) is 0.673. The van der Waals surface area contributed by atoms with Crippen LogP contribution in [0.4, 0.5) is 0 Å². The van der Waals surface area contributed by atoms with Gasteiger partial charge in [-0.3, -0.25) is 0 Å². The molecule has 0 unspecified atom stereocenters. The molecule has 6 heteroatoms. The SMILES string of the molecule is O=C(O)c1cccc(C(=O)O)n1.[NaH]. The first-order valence-corrected chi connectivity index (χ1v) is 3.05. The molecule has 0 aliphatic heterocycles. The Bertz CT molecular complexity index is 310. The fraction of sp³-hybridized carbons (Fsp3) is 0. The van der Waals surface area contributed by atoms with Gasteiger partial charge >= 0.3 is 41.5 Å². The summed E-state index contributed by atoms with van der Waals surface area (Å²) in [6, 6.07) is 3.80. The Kier molecular flexibility index (Phi) is 4.61. The van der Waals surface area contributed by atoms with E-state index in [2.05, 4.69) is 4.98 Å². The van der Waals surface area contributed by atoms with Gasteiger partial charge in [0.15, 0.2) is 0 Å². The predicted molar refractivity (Wildman–Crippen MR) is 45.3 cm³/mol. The van der Waals surface area contributed by atoms with Crippen molar-refractivity contribution in [2.24, 2.45) is 0 Å². The van der Waals surface area contributed by atoms with Crippen LogP contribution >= 0.6 is 0 Å². The molecule has 0 spiro atoms. The second-order valence-corrected chi connectivity index (χ2v) is 2.02. The molecule has 0 saturated carbocycles. The zero-order valence-corrected chi connectivity index (χ0v) is 5.89. The summed E-state index contributed by atoms with van der Waals surface area (Å²) in [4.78, 5) is 24.0. The second kappa shape index (κ2) is 4.96. The van der Waals surface area contributed by atoms with Crippen LogP contribution in [0.2, 0.25) is 0 Å². The van der Waals surface area contributed by atoms with Crippen LogP contribution in [0.1, 0.15) is 21.0 Å². The maximum absolute atomic E-state index is 10.3. The standard InChI is InChI=1S/C7H5NO4.Na.H/c9-6(10)4-2-1-3-5(8-4)7(11)12;;/h1-3H,(H,9,10)(H,11,12);;. The Balaban J connectivity index is 0.00000144. The van der Waals surface area contributed by atoms with Crippen LogP contribution in [0.3, 0.4) is 0 Å². The summed E-state index contributed by atoms with van der Waals surface area (Å²) in [7, 11) is 0. The Morgan fingerprint density at radius 1 is 1.08 bits per heavy atom. The summed E-state index contributed by atoms with van der Waals surface area (Å²) in [5.41, 5.74) is -0.537. The Morgan fingerprint density at radius 3 is 1.77 bits per heavy atom. The third kappa shape index (κ3) is 3.14. The molecular weight excluding hydrogens is 185 g/mol. The molecule has 64 valence electrons. The van der Waals surface area contributed by atoms with Gasteiger partial charge in [0, 0.05) is 0 Å². The molecule has 1 aromatic heterocycles. The van der Waals surface area contributed by atoms with Crippen molar-refractivity contribution in [2.45, 2.75) is 0 Å². The second-order valence-electron chi connectivity index (χ2n) is 2.02. The predicted octanol–water partition coefficient (Wildman–Crippen LogP) is -0.171. The number of nitrogens with zero attached hydrogens (tertiary/aromatic N) is 1. The van der Waals surface area contributed by atoms with Crippen molar-refractivity contribution in [3.05, 3.63) is 29.6 Å². The minimum absolute atomic E-state index is 0. The van der Waals surface area contributed by atoms with E-state index in [1.807, 2.05) is 0 Å². The van der Waals surface area contributed by atoms with Crippen LogP contribution < -0.4 is 0 Å². The van der Waals surface area contributed by atoms with Crippen molar-refractivity contribution in [1.82, 2.24) is 4.98 Å². The van der Waals surface area contributed by atoms with E-state index >= 15 is 0 Å². The molecule has 0 aliphatic carbocycles. The molecule has 1 heterocycles. The number of carboxylic acids is 2. The van der Waals surface area contributed by atoms with Crippen molar-refractivity contribution in [3.8, 4) is 0 Å². The molecule has 5 nitrogen and oxygen atoms in total. The number of hydrogen-bond acceptors (Lipinski definition) is 3. The van der Waals surface area contributed by atoms with E-state index in [1.54, 1.807) is 0 Å². The Morgan fingerprint density at radius 2 is 1.46 bits per heavy atom. The van der Waals surface area contributed by atoms with Crippen molar-refractivity contribution >= 4 is 41.5 Å². The average molecular weight is 191 g/mol. The van der Waals surface area contributed by atoms with Gasteiger partial charge in [-0.05, 0) is 12.1 Å². The fourth-order valence-corrected chi connectivity index (χ4v) is 0.673. The van der Waals surface area contributed by atoms with Gasteiger partial charge in [-0.2, -0.15) is 0 Å². The van der Waals surface area contributed by atoms with E-state index in [1.165, 1.54) is 18.2 Å². The van der Waals surface area contributed by atoms with Crippen LogP contribution in [0.15, 0.2) is 18.2 Å². The van der Waals surface area contributed by atoms with Gasteiger partial charge in [-0.1, -0.05) is 6.07 Å². The number of carboxylic acid groups (broad SMARTS) is 2. The summed E-state index contributed by atoms with van der Waals surface area (Å²) >= 11 is 0. The van der Waals surface area contributed by atoms with E-state index in [0.717, 1.165) is 0 Å². The first-order valence-electron chi connectivity index (χ1n) is 3.05. The topological polar surface area (TPSA) is 87.5 Å². The van der Waals surface area contributed by atoms with E-state index in [0.29, 0.717) is 0 Å². The first-order chi connectivity index (χ1) is 5.61. The van der Waals surface area contributed by atoms with Gasteiger partial charge < -0.3 is 10.2 Å². The zero-order valence-electron chi connectivity index (χ0n) is 5.89. The molecule has 0 bridgehead atoms. The molecule has 0 fully saturated rings. The van der Waals surface area contributed by atoms with E-state index in [4.69, 9.17) is 10.2 Å².